The summed E-state index contributed by atoms with van der Waals surface area (Å²) in [6.07, 6.45) is 3.39. The van der Waals surface area contributed by atoms with Gasteiger partial charge in [-0.25, -0.2) is 0 Å². The highest BCUT2D eigenvalue weighted by atomic mass is 35.5. The van der Waals surface area contributed by atoms with Gasteiger partial charge in [0.25, 0.3) is 0 Å². The summed E-state index contributed by atoms with van der Waals surface area (Å²) in [6.45, 7) is 4.43. The third-order valence-corrected chi connectivity index (χ3v) is 5.34. The van der Waals surface area contributed by atoms with Crippen LogP contribution in [0.2, 0.25) is 10.0 Å². The molecule has 0 radical (unpaired) electrons. The molecule has 114 valence electrons. The van der Waals surface area contributed by atoms with E-state index < -0.39 is 0 Å². The lowest BCUT2D eigenvalue weighted by molar-refractivity contribution is 0.497. The zero-order valence-corrected chi connectivity index (χ0v) is 13.9. The Bertz CT molecular complexity index is 681. The molecule has 0 amide bonds. The van der Waals surface area contributed by atoms with Crippen LogP contribution in [0.25, 0.3) is 0 Å². The highest BCUT2D eigenvalue weighted by molar-refractivity contribution is 6.42. The molecule has 2 atom stereocenters. The fourth-order valence-electron chi connectivity index (χ4n) is 3.50. The average Bonchev–Trinajstić information content (AvgIpc) is 2.55. The summed E-state index contributed by atoms with van der Waals surface area (Å²) >= 11 is 12.3. The Morgan fingerprint density at radius 1 is 1.00 bits per heavy atom. The van der Waals surface area contributed by atoms with Crippen molar-refractivity contribution in [2.75, 3.05) is 6.54 Å². The normalized spacial score (nSPS) is 20.5. The number of nitrogens with zero attached hydrogens (tertiary/aromatic N) is 1. The molecule has 0 N–H and O–H groups in total. The molecule has 0 aliphatic heterocycles. The fourth-order valence-corrected chi connectivity index (χ4v) is 3.81. The van der Waals surface area contributed by atoms with Crippen LogP contribution in [0.4, 0.5) is 0 Å². The largest absolute Gasteiger partial charge is 0.301 e. The first-order valence-electron chi connectivity index (χ1n) is 7.67. The Labute approximate surface area is 142 Å². The zero-order valence-electron chi connectivity index (χ0n) is 12.4. The monoisotopic (exact) mass is 331 g/mol. The van der Waals surface area contributed by atoms with Gasteiger partial charge in [-0.3, -0.25) is 0 Å². The van der Waals surface area contributed by atoms with Crippen molar-refractivity contribution in [3.05, 3.63) is 69.2 Å². The van der Waals surface area contributed by atoms with Crippen molar-refractivity contribution in [3.63, 3.8) is 0 Å². The molecule has 0 heterocycles. The second-order valence-corrected chi connectivity index (χ2v) is 6.68. The highest BCUT2D eigenvalue weighted by Gasteiger charge is 2.27. The molecule has 3 rings (SSSR count). The number of halogens is 2. The van der Waals surface area contributed by atoms with Gasteiger partial charge in [0.2, 0.25) is 0 Å². The second-order valence-electron chi connectivity index (χ2n) is 5.87. The molecule has 3 heteroatoms. The number of rotatable bonds is 4. The summed E-state index contributed by atoms with van der Waals surface area (Å²) in [5.74, 6) is 0.986. The fraction of sp³-hybridized carbons (Fsp3) is 0.316. The lowest BCUT2D eigenvalue weighted by atomic mass is 9.73. The van der Waals surface area contributed by atoms with Gasteiger partial charge in [0.15, 0.2) is 0 Å². The van der Waals surface area contributed by atoms with E-state index in [0.717, 1.165) is 19.4 Å². The van der Waals surface area contributed by atoms with Crippen LogP contribution in [-0.2, 0) is 0 Å². The van der Waals surface area contributed by atoms with E-state index in [2.05, 4.69) is 42.0 Å². The molecule has 1 nitrogen and oxygen atoms in total. The molecule has 1 aliphatic carbocycles. The van der Waals surface area contributed by atoms with Crippen molar-refractivity contribution in [1.82, 2.24) is 0 Å². The Morgan fingerprint density at radius 3 is 2.50 bits per heavy atom. The van der Waals surface area contributed by atoms with E-state index in [1.165, 1.54) is 23.1 Å². The molecule has 0 spiro atoms. The summed E-state index contributed by atoms with van der Waals surface area (Å²) in [7, 11) is 0. The molecular weight excluding hydrogens is 313 g/mol. The lowest BCUT2D eigenvalue weighted by Gasteiger charge is -2.32. The predicted octanol–water partition coefficient (Wildman–Crippen LogP) is 6.09. The van der Waals surface area contributed by atoms with Gasteiger partial charge in [-0.05, 0) is 60.7 Å². The Morgan fingerprint density at radius 2 is 1.77 bits per heavy atom. The molecular formula is C19H19Cl2N. The van der Waals surface area contributed by atoms with Crippen molar-refractivity contribution >= 4 is 29.9 Å². The maximum Gasteiger partial charge on any atom is 0.0595 e. The van der Waals surface area contributed by atoms with Crippen LogP contribution >= 0.6 is 23.2 Å². The minimum Gasteiger partial charge on any atom is -0.301 e. The maximum atomic E-state index is 6.21. The van der Waals surface area contributed by atoms with Gasteiger partial charge in [-0.1, -0.05) is 53.5 Å². The zero-order chi connectivity index (χ0) is 15.5. The van der Waals surface area contributed by atoms with E-state index in [-0.39, 0.29) is 0 Å². The Hall–Kier alpha value is -1.31. The molecule has 22 heavy (non-hydrogen) atoms. The van der Waals surface area contributed by atoms with E-state index in [1.807, 2.05) is 12.1 Å². The average molecular weight is 332 g/mol. The smallest absolute Gasteiger partial charge is 0.0595 e. The number of hydrogen-bond donors (Lipinski definition) is 0. The number of fused-ring (bicyclic) bond motifs is 1. The van der Waals surface area contributed by atoms with Crippen LogP contribution in [0, 0.1) is 0 Å². The van der Waals surface area contributed by atoms with Gasteiger partial charge in [0.05, 0.1) is 10.0 Å². The summed E-state index contributed by atoms with van der Waals surface area (Å²) in [5.41, 5.74) is 4.12. The van der Waals surface area contributed by atoms with Gasteiger partial charge < -0.3 is 4.99 Å². The van der Waals surface area contributed by atoms with E-state index in [1.54, 1.807) is 0 Å². The molecule has 2 aromatic rings. The molecule has 0 bridgehead atoms. The molecule has 0 saturated carbocycles. The molecule has 0 fully saturated rings. The van der Waals surface area contributed by atoms with Crippen molar-refractivity contribution < 1.29 is 0 Å². The van der Waals surface area contributed by atoms with Crippen LogP contribution in [0.3, 0.4) is 0 Å². The molecule has 1 aliphatic rings. The van der Waals surface area contributed by atoms with Gasteiger partial charge in [-0.15, -0.1) is 0 Å². The van der Waals surface area contributed by atoms with E-state index >= 15 is 0 Å². The van der Waals surface area contributed by atoms with Gasteiger partial charge in [0, 0.05) is 12.5 Å². The van der Waals surface area contributed by atoms with Crippen molar-refractivity contribution in [3.8, 4) is 0 Å². The van der Waals surface area contributed by atoms with Crippen LogP contribution in [-0.4, -0.2) is 13.3 Å². The maximum absolute atomic E-state index is 6.21. The quantitative estimate of drug-likeness (QED) is 0.601. The summed E-state index contributed by atoms with van der Waals surface area (Å²) in [4.78, 5) is 4.02. The number of benzene rings is 2. The van der Waals surface area contributed by atoms with Crippen LogP contribution in [0.15, 0.2) is 47.5 Å². The third kappa shape index (κ3) is 3.06. The van der Waals surface area contributed by atoms with Gasteiger partial charge in [0.1, 0.15) is 0 Å². The van der Waals surface area contributed by atoms with Gasteiger partial charge >= 0.3 is 0 Å². The van der Waals surface area contributed by atoms with Crippen molar-refractivity contribution in [1.29, 1.82) is 0 Å². The topological polar surface area (TPSA) is 12.4 Å². The van der Waals surface area contributed by atoms with E-state index in [0.29, 0.717) is 21.9 Å². The lowest BCUT2D eigenvalue weighted by Crippen LogP contribution is -2.16. The standard InChI is InChI=1S/C19H19Cl2N/c1-22-11-10-13-6-8-16(17-5-3-2-4-15(13)17)14-7-9-18(20)19(21)12-14/h2-5,7,9,12-13,16H,1,6,8,10-11H2/t13?,16-/m0/s1. The Balaban J connectivity index is 1.96. The number of hydrogen-bond acceptors (Lipinski definition) is 1. The highest BCUT2D eigenvalue weighted by Crippen LogP contribution is 2.44. The first-order chi connectivity index (χ1) is 10.7. The van der Waals surface area contributed by atoms with Crippen molar-refractivity contribution in [2.45, 2.75) is 31.1 Å². The summed E-state index contributed by atoms with van der Waals surface area (Å²) < 4.78 is 0. The first-order valence-corrected chi connectivity index (χ1v) is 8.42. The summed E-state index contributed by atoms with van der Waals surface area (Å²) in [5, 5.41) is 1.25. The Kier molecular flexibility index (Phi) is 4.85. The molecule has 0 saturated heterocycles. The third-order valence-electron chi connectivity index (χ3n) is 4.60. The van der Waals surface area contributed by atoms with E-state index in [4.69, 9.17) is 23.2 Å². The predicted molar refractivity (Wildman–Crippen MR) is 95.8 cm³/mol. The van der Waals surface area contributed by atoms with Crippen molar-refractivity contribution in [2.24, 2.45) is 4.99 Å². The van der Waals surface area contributed by atoms with Crippen LogP contribution in [0.1, 0.15) is 47.8 Å². The minimum atomic E-state index is 0.402. The molecule has 2 aromatic carbocycles. The first kappa shape index (κ1) is 15.6. The molecule has 0 aromatic heterocycles. The second kappa shape index (κ2) is 6.85. The van der Waals surface area contributed by atoms with Gasteiger partial charge in [-0.2, -0.15) is 0 Å². The number of aliphatic imine (C=N–C) groups is 1. The summed E-state index contributed by atoms with van der Waals surface area (Å²) in [6, 6.07) is 14.8. The van der Waals surface area contributed by atoms with E-state index in [9.17, 15) is 0 Å². The SMILES string of the molecule is C=NCCC1CC[C@@H](c2ccc(Cl)c(Cl)c2)c2ccccc21. The molecule has 1 unspecified atom stereocenters. The van der Waals surface area contributed by atoms with Crippen LogP contribution in [0.5, 0.6) is 0 Å². The van der Waals surface area contributed by atoms with Crippen LogP contribution < -0.4 is 0 Å². The minimum absolute atomic E-state index is 0.402.